The van der Waals surface area contributed by atoms with Crippen molar-refractivity contribution in [2.24, 2.45) is 0 Å². The van der Waals surface area contributed by atoms with Crippen molar-refractivity contribution in [2.75, 3.05) is 32.1 Å². The maximum atomic E-state index is 12.3. The summed E-state index contributed by atoms with van der Waals surface area (Å²) in [4.78, 5) is 23.8. The first-order valence-corrected chi connectivity index (χ1v) is 10.3. The van der Waals surface area contributed by atoms with Crippen LogP contribution in [0.25, 0.3) is 0 Å². The number of aliphatic carboxylic acids is 1. The van der Waals surface area contributed by atoms with Crippen LogP contribution in [-0.4, -0.2) is 60.9 Å². The van der Waals surface area contributed by atoms with E-state index in [9.17, 15) is 4.79 Å². The van der Waals surface area contributed by atoms with Gasteiger partial charge in [0.25, 0.3) is 5.97 Å². The van der Waals surface area contributed by atoms with Gasteiger partial charge in [-0.25, -0.2) is 4.79 Å². The predicted octanol–water partition coefficient (Wildman–Crippen LogP) is 3.12. The number of fused-ring (bicyclic) bond motifs is 1. The molecule has 2 aromatic carbocycles. The van der Waals surface area contributed by atoms with E-state index >= 15 is 0 Å². The van der Waals surface area contributed by atoms with Crippen LogP contribution in [0.4, 0.5) is 10.5 Å². The Kier molecular flexibility index (Phi) is 7.86. The smallest absolute Gasteiger partial charge is 0.319 e. The first-order valence-electron chi connectivity index (χ1n) is 10.3. The number of urea groups is 1. The number of carbonyl (C=O) groups excluding carboxylic acids is 1. The summed E-state index contributed by atoms with van der Waals surface area (Å²) in [6, 6.07) is 18.0. The molecule has 0 saturated carbocycles. The number of methoxy groups -OCH3 is 1. The molecule has 2 saturated heterocycles. The molecule has 4 rings (SSSR count). The van der Waals surface area contributed by atoms with Gasteiger partial charge in [-0.1, -0.05) is 36.4 Å². The van der Waals surface area contributed by atoms with Gasteiger partial charge in [-0.3, -0.25) is 9.69 Å². The van der Waals surface area contributed by atoms with Crippen molar-refractivity contribution in [3.63, 3.8) is 0 Å². The number of nitrogens with one attached hydrogen (secondary N) is 2. The van der Waals surface area contributed by atoms with Gasteiger partial charge in [-0.2, -0.15) is 0 Å². The number of rotatable bonds is 4. The molecule has 2 aliphatic rings. The third kappa shape index (κ3) is 6.70. The molecule has 8 heteroatoms. The minimum Gasteiger partial charge on any atom is -0.497 e. The zero-order valence-electron chi connectivity index (χ0n) is 17.8. The Bertz CT molecular complexity index is 873. The van der Waals surface area contributed by atoms with Gasteiger partial charge in [0.2, 0.25) is 0 Å². The fourth-order valence-corrected chi connectivity index (χ4v) is 3.90. The van der Waals surface area contributed by atoms with Crippen LogP contribution >= 0.6 is 0 Å². The van der Waals surface area contributed by atoms with Gasteiger partial charge in [0, 0.05) is 43.9 Å². The molecule has 8 nitrogen and oxygen atoms in total. The van der Waals surface area contributed by atoms with E-state index in [-0.39, 0.29) is 18.2 Å². The summed E-state index contributed by atoms with van der Waals surface area (Å²) in [5.74, 6) is -0.116. The maximum Gasteiger partial charge on any atom is 0.319 e. The van der Waals surface area contributed by atoms with Gasteiger partial charge in [-0.05, 0) is 24.1 Å². The molecule has 0 aliphatic carbocycles. The lowest BCUT2D eigenvalue weighted by atomic mass is 10.1. The summed E-state index contributed by atoms with van der Waals surface area (Å²) in [6.45, 7) is 3.50. The molecule has 0 bridgehead atoms. The Morgan fingerprint density at radius 1 is 1.13 bits per heavy atom. The van der Waals surface area contributed by atoms with E-state index in [0.29, 0.717) is 12.6 Å². The molecule has 2 aliphatic heterocycles. The second-order valence-corrected chi connectivity index (χ2v) is 7.62. The number of benzene rings is 2. The summed E-state index contributed by atoms with van der Waals surface area (Å²) in [7, 11) is 1.61. The van der Waals surface area contributed by atoms with Crippen LogP contribution in [0, 0.1) is 0 Å². The third-order valence-corrected chi connectivity index (χ3v) is 5.25. The SMILES string of the molecule is CC(=O)O.COc1cccc(NC(=O)N[C@@H]2C[C@H]3CO[C@@H](c4ccccc4)CN3C2)c1. The molecular formula is C23H29N3O5. The van der Waals surface area contributed by atoms with Crippen LogP contribution in [0.5, 0.6) is 5.75 Å². The molecule has 166 valence electrons. The number of nitrogens with zero attached hydrogens (tertiary/aromatic N) is 1. The lowest BCUT2D eigenvalue weighted by Crippen LogP contribution is -2.43. The van der Waals surface area contributed by atoms with Crippen LogP contribution in [0.1, 0.15) is 25.0 Å². The molecule has 2 amide bonds. The molecule has 3 atom stereocenters. The summed E-state index contributed by atoms with van der Waals surface area (Å²) < 4.78 is 11.3. The van der Waals surface area contributed by atoms with Gasteiger partial charge >= 0.3 is 6.03 Å². The van der Waals surface area contributed by atoms with E-state index in [2.05, 4.69) is 27.7 Å². The Hall–Kier alpha value is -3.10. The second-order valence-electron chi connectivity index (χ2n) is 7.62. The molecule has 3 N–H and O–H groups in total. The minimum absolute atomic E-state index is 0.104. The van der Waals surface area contributed by atoms with Gasteiger partial charge < -0.3 is 25.2 Å². The largest absolute Gasteiger partial charge is 0.497 e. The Morgan fingerprint density at radius 3 is 2.58 bits per heavy atom. The molecule has 2 heterocycles. The van der Waals surface area contributed by atoms with Gasteiger partial charge in [0.15, 0.2) is 0 Å². The maximum absolute atomic E-state index is 12.3. The quantitative estimate of drug-likeness (QED) is 0.693. The standard InChI is InChI=1S/C21H25N3O3.C2H4O2/c1-26-19-9-5-8-16(11-19)22-21(25)23-17-10-18-14-27-20(13-24(18)12-17)15-6-3-2-4-7-15;1-2(3)4/h2-9,11,17-18,20H,10,12-14H2,1H3,(H2,22,23,25);1H3,(H,3,4)/t17-,18+,20-;/m1./s1. The number of ether oxygens (including phenoxy) is 2. The summed E-state index contributed by atoms with van der Waals surface area (Å²) in [6.07, 6.45) is 1.01. The van der Waals surface area contributed by atoms with Crippen molar-refractivity contribution >= 4 is 17.7 Å². The molecule has 0 radical (unpaired) electrons. The molecule has 2 aromatic rings. The monoisotopic (exact) mass is 427 g/mol. The first kappa shape index (κ1) is 22.6. The average molecular weight is 428 g/mol. The minimum atomic E-state index is -0.833. The lowest BCUT2D eigenvalue weighted by molar-refractivity contribution is -0.134. The molecule has 31 heavy (non-hydrogen) atoms. The van der Waals surface area contributed by atoms with Crippen molar-refractivity contribution in [1.82, 2.24) is 10.2 Å². The molecule has 0 spiro atoms. The summed E-state index contributed by atoms with van der Waals surface area (Å²) >= 11 is 0. The van der Waals surface area contributed by atoms with Crippen molar-refractivity contribution in [3.05, 3.63) is 60.2 Å². The number of carbonyl (C=O) groups is 2. The van der Waals surface area contributed by atoms with E-state index in [0.717, 1.165) is 37.9 Å². The van der Waals surface area contributed by atoms with E-state index < -0.39 is 5.97 Å². The van der Waals surface area contributed by atoms with Crippen molar-refractivity contribution in [1.29, 1.82) is 0 Å². The Labute approximate surface area is 182 Å². The van der Waals surface area contributed by atoms with Crippen molar-refractivity contribution < 1.29 is 24.2 Å². The summed E-state index contributed by atoms with van der Waals surface area (Å²) in [5, 5.41) is 13.4. The third-order valence-electron chi connectivity index (χ3n) is 5.25. The van der Waals surface area contributed by atoms with E-state index in [4.69, 9.17) is 19.4 Å². The average Bonchev–Trinajstić information content (AvgIpc) is 3.15. The molecular weight excluding hydrogens is 398 g/mol. The number of morpholine rings is 1. The van der Waals surface area contributed by atoms with Gasteiger partial charge in [0.1, 0.15) is 5.75 Å². The fraction of sp³-hybridized carbons (Fsp3) is 0.391. The zero-order valence-corrected chi connectivity index (χ0v) is 17.8. The highest BCUT2D eigenvalue weighted by Crippen LogP contribution is 2.30. The normalized spacial score (nSPS) is 22.5. The summed E-state index contributed by atoms with van der Waals surface area (Å²) in [5.41, 5.74) is 1.93. The Morgan fingerprint density at radius 2 is 1.87 bits per heavy atom. The number of anilines is 1. The number of hydrogen-bond donors (Lipinski definition) is 3. The van der Waals surface area contributed by atoms with Gasteiger partial charge in [0.05, 0.1) is 19.8 Å². The lowest BCUT2D eigenvalue weighted by Gasteiger charge is -2.35. The van der Waals surface area contributed by atoms with Crippen molar-refractivity contribution in [2.45, 2.75) is 31.5 Å². The fourth-order valence-electron chi connectivity index (χ4n) is 3.90. The topological polar surface area (TPSA) is 100 Å². The van der Waals surface area contributed by atoms with E-state index in [1.54, 1.807) is 13.2 Å². The highest BCUT2D eigenvalue weighted by molar-refractivity contribution is 5.89. The number of amides is 2. The number of carboxylic acid groups (broad SMARTS) is 1. The molecule has 2 fully saturated rings. The van der Waals surface area contributed by atoms with Crippen LogP contribution in [0.3, 0.4) is 0 Å². The molecule has 0 unspecified atom stereocenters. The van der Waals surface area contributed by atoms with Crippen LogP contribution < -0.4 is 15.4 Å². The van der Waals surface area contributed by atoms with E-state index in [1.165, 1.54) is 5.56 Å². The highest BCUT2D eigenvalue weighted by atomic mass is 16.5. The molecule has 0 aromatic heterocycles. The van der Waals surface area contributed by atoms with Crippen LogP contribution in [0.2, 0.25) is 0 Å². The second kappa shape index (κ2) is 10.8. The Balaban J connectivity index is 0.000000628. The predicted molar refractivity (Wildman–Crippen MR) is 117 cm³/mol. The van der Waals surface area contributed by atoms with Gasteiger partial charge in [-0.15, -0.1) is 0 Å². The van der Waals surface area contributed by atoms with E-state index in [1.807, 2.05) is 36.4 Å². The number of hydrogen-bond acceptors (Lipinski definition) is 5. The highest BCUT2D eigenvalue weighted by Gasteiger charge is 2.38. The number of carboxylic acids is 1. The van der Waals surface area contributed by atoms with Crippen molar-refractivity contribution in [3.8, 4) is 5.75 Å². The van der Waals surface area contributed by atoms with Crippen LogP contribution in [0.15, 0.2) is 54.6 Å². The van der Waals surface area contributed by atoms with Crippen LogP contribution in [-0.2, 0) is 9.53 Å². The first-order chi connectivity index (χ1) is 14.9. The zero-order chi connectivity index (χ0) is 22.2.